The number of halogens is 1. The van der Waals surface area contributed by atoms with E-state index in [1.165, 1.54) is 12.1 Å². The Morgan fingerprint density at radius 3 is 2.67 bits per heavy atom. The fourth-order valence-corrected chi connectivity index (χ4v) is 2.52. The van der Waals surface area contributed by atoms with Gasteiger partial charge in [-0.15, -0.1) is 0 Å². The molecule has 0 atom stereocenters. The highest BCUT2D eigenvalue weighted by molar-refractivity contribution is 5.83. The summed E-state index contributed by atoms with van der Waals surface area (Å²) in [6, 6.07) is 8.39. The zero-order chi connectivity index (χ0) is 14.4. The van der Waals surface area contributed by atoms with Crippen molar-refractivity contribution in [2.75, 3.05) is 13.2 Å². The maximum absolute atomic E-state index is 13.5. The number of H-pyrrole nitrogens is 1. The van der Waals surface area contributed by atoms with E-state index in [1.807, 2.05) is 19.1 Å². The molecule has 4 rings (SSSR count). The summed E-state index contributed by atoms with van der Waals surface area (Å²) in [5.41, 5.74) is 3.34. The molecular weight excluding hydrogens is 271 g/mol. The van der Waals surface area contributed by atoms with Gasteiger partial charge in [-0.25, -0.2) is 9.37 Å². The van der Waals surface area contributed by atoms with Gasteiger partial charge in [0.2, 0.25) is 0 Å². The third kappa shape index (κ3) is 2.01. The summed E-state index contributed by atoms with van der Waals surface area (Å²) in [4.78, 5) is 7.75. The van der Waals surface area contributed by atoms with Crippen molar-refractivity contribution in [3.05, 3.63) is 41.7 Å². The highest BCUT2D eigenvalue weighted by Crippen LogP contribution is 2.35. The molecular formula is C16H13FN2O2. The average molecular weight is 284 g/mol. The molecule has 3 aromatic rings. The number of aryl methyl sites for hydroxylation is 1. The Balaban J connectivity index is 1.88. The summed E-state index contributed by atoms with van der Waals surface area (Å²) < 4.78 is 24.6. The molecule has 0 saturated heterocycles. The molecule has 106 valence electrons. The second kappa shape index (κ2) is 4.48. The maximum atomic E-state index is 13.5. The molecule has 0 saturated carbocycles. The minimum absolute atomic E-state index is 0.276. The molecule has 0 amide bonds. The van der Waals surface area contributed by atoms with Gasteiger partial charge in [-0.2, -0.15) is 0 Å². The Hall–Kier alpha value is -2.56. The molecule has 4 nitrogen and oxygen atoms in total. The van der Waals surface area contributed by atoms with Gasteiger partial charge in [0.25, 0.3) is 0 Å². The lowest BCUT2D eigenvalue weighted by molar-refractivity contribution is 0.172. The first-order valence-corrected chi connectivity index (χ1v) is 6.76. The minimum Gasteiger partial charge on any atom is -0.486 e. The maximum Gasteiger partial charge on any atom is 0.163 e. The van der Waals surface area contributed by atoms with Crippen molar-refractivity contribution in [1.29, 1.82) is 0 Å². The molecule has 21 heavy (non-hydrogen) atoms. The van der Waals surface area contributed by atoms with Crippen molar-refractivity contribution in [1.82, 2.24) is 9.97 Å². The molecule has 1 N–H and O–H groups in total. The number of aromatic nitrogens is 2. The summed E-state index contributed by atoms with van der Waals surface area (Å²) in [5, 5.41) is 0. The van der Waals surface area contributed by atoms with Crippen LogP contribution < -0.4 is 9.47 Å². The molecule has 0 radical (unpaired) electrons. The largest absolute Gasteiger partial charge is 0.486 e. The van der Waals surface area contributed by atoms with E-state index in [9.17, 15) is 4.39 Å². The number of benzene rings is 2. The second-order valence-corrected chi connectivity index (χ2v) is 5.06. The van der Waals surface area contributed by atoms with Gasteiger partial charge in [-0.05, 0) is 24.6 Å². The van der Waals surface area contributed by atoms with E-state index in [2.05, 4.69) is 9.97 Å². The highest BCUT2D eigenvalue weighted by atomic mass is 19.1. The Kier molecular flexibility index (Phi) is 2.60. The van der Waals surface area contributed by atoms with Crippen LogP contribution in [-0.2, 0) is 0 Å². The molecule has 0 aliphatic carbocycles. The minimum atomic E-state index is -0.276. The van der Waals surface area contributed by atoms with E-state index in [0.29, 0.717) is 30.5 Å². The molecule has 5 heteroatoms. The van der Waals surface area contributed by atoms with Gasteiger partial charge in [-0.3, -0.25) is 0 Å². The number of hydrogen-bond acceptors (Lipinski definition) is 3. The number of nitrogens with zero attached hydrogens (tertiary/aromatic N) is 1. The summed E-state index contributed by atoms with van der Waals surface area (Å²) in [5.74, 6) is 1.77. The van der Waals surface area contributed by atoms with Crippen LogP contribution in [0.1, 0.15) is 5.56 Å². The van der Waals surface area contributed by atoms with Crippen molar-refractivity contribution in [2.24, 2.45) is 0 Å². The molecule has 2 aromatic carbocycles. The summed E-state index contributed by atoms with van der Waals surface area (Å²) in [6.45, 7) is 3.01. The zero-order valence-corrected chi connectivity index (χ0v) is 11.4. The van der Waals surface area contributed by atoms with E-state index in [-0.39, 0.29) is 5.82 Å². The normalized spacial score (nSPS) is 13.6. The Bertz CT molecular complexity index is 799. The van der Waals surface area contributed by atoms with Crippen LogP contribution in [0.25, 0.3) is 22.4 Å². The van der Waals surface area contributed by atoms with Gasteiger partial charge in [0.15, 0.2) is 11.5 Å². The Morgan fingerprint density at radius 1 is 1.10 bits per heavy atom. The number of hydrogen-bond donors (Lipinski definition) is 1. The van der Waals surface area contributed by atoms with Crippen LogP contribution >= 0.6 is 0 Å². The van der Waals surface area contributed by atoms with Gasteiger partial charge >= 0.3 is 0 Å². The molecule has 2 heterocycles. The molecule has 0 bridgehead atoms. The van der Waals surface area contributed by atoms with Crippen molar-refractivity contribution in [2.45, 2.75) is 6.92 Å². The second-order valence-electron chi connectivity index (χ2n) is 5.06. The Labute approximate surface area is 120 Å². The van der Waals surface area contributed by atoms with Crippen LogP contribution in [0.4, 0.5) is 4.39 Å². The summed E-state index contributed by atoms with van der Waals surface area (Å²) in [6.07, 6.45) is 0. The van der Waals surface area contributed by atoms with E-state index in [4.69, 9.17) is 9.47 Å². The fourth-order valence-electron chi connectivity index (χ4n) is 2.52. The van der Waals surface area contributed by atoms with E-state index in [1.54, 1.807) is 6.07 Å². The third-order valence-electron chi connectivity index (χ3n) is 3.60. The predicted octanol–water partition coefficient (Wildman–Crippen LogP) is 3.45. The van der Waals surface area contributed by atoms with Gasteiger partial charge in [0, 0.05) is 17.7 Å². The Morgan fingerprint density at radius 2 is 1.86 bits per heavy atom. The standard InChI is InChI=1S/C16H13FN2O2/c1-9-2-3-10(17)6-11(9)16-18-12-7-14-15(8-13(12)19-16)21-5-4-20-14/h2-3,6-8H,4-5H2,1H3,(H,18,19). The van der Waals surface area contributed by atoms with Crippen molar-refractivity contribution < 1.29 is 13.9 Å². The molecule has 0 fully saturated rings. The van der Waals surface area contributed by atoms with Crippen LogP contribution in [0.3, 0.4) is 0 Å². The number of ether oxygens (including phenoxy) is 2. The number of nitrogens with one attached hydrogen (secondary N) is 1. The first-order valence-electron chi connectivity index (χ1n) is 6.76. The van der Waals surface area contributed by atoms with Gasteiger partial charge in [-0.1, -0.05) is 6.07 Å². The first kappa shape index (κ1) is 12.2. The number of imidazole rings is 1. The predicted molar refractivity (Wildman–Crippen MR) is 77.2 cm³/mol. The zero-order valence-electron chi connectivity index (χ0n) is 11.4. The van der Waals surface area contributed by atoms with Crippen LogP contribution in [-0.4, -0.2) is 23.2 Å². The van der Waals surface area contributed by atoms with Crippen LogP contribution in [0.15, 0.2) is 30.3 Å². The van der Waals surface area contributed by atoms with Crippen molar-refractivity contribution >= 4 is 11.0 Å². The SMILES string of the molecule is Cc1ccc(F)cc1-c1nc2cc3c(cc2[nH]1)OCCO3. The molecule has 0 spiro atoms. The van der Waals surface area contributed by atoms with Crippen LogP contribution in [0.5, 0.6) is 11.5 Å². The molecule has 0 unspecified atom stereocenters. The van der Waals surface area contributed by atoms with Crippen LogP contribution in [0, 0.1) is 12.7 Å². The lowest BCUT2D eigenvalue weighted by Crippen LogP contribution is -2.15. The van der Waals surface area contributed by atoms with E-state index < -0.39 is 0 Å². The average Bonchev–Trinajstić information content (AvgIpc) is 2.89. The van der Waals surface area contributed by atoms with E-state index >= 15 is 0 Å². The number of rotatable bonds is 1. The molecule has 1 aliphatic rings. The van der Waals surface area contributed by atoms with Crippen molar-refractivity contribution in [3.63, 3.8) is 0 Å². The highest BCUT2D eigenvalue weighted by Gasteiger charge is 2.16. The molecule has 1 aliphatic heterocycles. The lowest BCUT2D eigenvalue weighted by atomic mass is 10.1. The van der Waals surface area contributed by atoms with Gasteiger partial charge in [0.1, 0.15) is 24.9 Å². The third-order valence-corrected chi connectivity index (χ3v) is 3.60. The fraction of sp³-hybridized carbons (Fsp3) is 0.188. The quantitative estimate of drug-likeness (QED) is 0.744. The number of aromatic amines is 1. The van der Waals surface area contributed by atoms with Crippen molar-refractivity contribution in [3.8, 4) is 22.9 Å². The first-order chi connectivity index (χ1) is 10.2. The monoisotopic (exact) mass is 284 g/mol. The molecule has 1 aromatic heterocycles. The van der Waals surface area contributed by atoms with Gasteiger partial charge < -0.3 is 14.5 Å². The number of fused-ring (bicyclic) bond motifs is 2. The van der Waals surface area contributed by atoms with E-state index in [0.717, 1.165) is 22.2 Å². The lowest BCUT2D eigenvalue weighted by Gasteiger charge is -2.17. The summed E-state index contributed by atoms with van der Waals surface area (Å²) >= 11 is 0. The van der Waals surface area contributed by atoms with Crippen LogP contribution in [0.2, 0.25) is 0 Å². The van der Waals surface area contributed by atoms with Gasteiger partial charge in [0.05, 0.1) is 11.0 Å². The summed E-state index contributed by atoms with van der Waals surface area (Å²) in [7, 11) is 0. The smallest absolute Gasteiger partial charge is 0.163 e. The topological polar surface area (TPSA) is 47.1 Å².